The molecule has 22 heavy (non-hydrogen) atoms. The molecule has 0 aliphatic heterocycles. The monoisotopic (exact) mass is 314 g/mol. The van der Waals surface area contributed by atoms with Gasteiger partial charge in [-0.15, -0.1) is 0 Å². The predicted molar refractivity (Wildman–Crippen MR) is 108 cm³/mol. The van der Waals surface area contributed by atoms with Gasteiger partial charge >= 0.3 is 0 Å². The van der Waals surface area contributed by atoms with Crippen molar-refractivity contribution in [2.24, 2.45) is 16.7 Å². The van der Waals surface area contributed by atoms with Crippen LogP contribution in [0.15, 0.2) is 0 Å². The van der Waals surface area contributed by atoms with Crippen molar-refractivity contribution in [3.05, 3.63) is 0 Å². The molecular formula is C22H50. The van der Waals surface area contributed by atoms with Gasteiger partial charge in [-0.3, -0.25) is 0 Å². The van der Waals surface area contributed by atoms with Gasteiger partial charge < -0.3 is 0 Å². The summed E-state index contributed by atoms with van der Waals surface area (Å²) in [6.45, 7) is 25.0. The molecule has 0 nitrogen and oxygen atoms in total. The highest BCUT2D eigenvalue weighted by atomic mass is 14.2. The molecule has 0 heteroatoms. The van der Waals surface area contributed by atoms with Crippen LogP contribution in [0, 0.1) is 16.7 Å². The summed E-state index contributed by atoms with van der Waals surface area (Å²) in [4.78, 5) is 0. The van der Waals surface area contributed by atoms with Crippen LogP contribution in [0.3, 0.4) is 0 Å². The van der Waals surface area contributed by atoms with Gasteiger partial charge in [0.2, 0.25) is 0 Å². The van der Waals surface area contributed by atoms with Crippen molar-refractivity contribution in [1.82, 2.24) is 0 Å². The van der Waals surface area contributed by atoms with Crippen molar-refractivity contribution in [3.8, 4) is 0 Å². The maximum absolute atomic E-state index is 2.39. The van der Waals surface area contributed by atoms with Crippen LogP contribution in [-0.2, 0) is 0 Å². The molecule has 0 aliphatic carbocycles. The molecule has 0 aromatic carbocycles. The molecule has 138 valence electrons. The van der Waals surface area contributed by atoms with E-state index in [0.29, 0.717) is 10.8 Å². The highest BCUT2D eigenvalue weighted by Crippen LogP contribution is 2.30. The van der Waals surface area contributed by atoms with Gasteiger partial charge in [-0.05, 0) is 23.2 Å². The second-order valence-electron chi connectivity index (χ2n) is 8.06. The lowest BCUT2D eigenvalue weighted by molar-refractivity contribution is 0.270. The Bertz CT molecular complexity index is 188. The molecule has 0 rings (SSSR count). The topological polar surface area (TPSA) is 0 Å². The molecule has 0 atom stereocenters. The second-order valence-corrected chi connectivity index (χ2v) is 8.06. The van der Waals surface area contributed by atoms with Gasteiger partial charge in [-0.25, -0.2) is 0 Å². The van der Waals surface area contributed by atoms with E-state index in [0.717, 1.165) is 5.92 Å². The minimum Gasteiger partial charge on any atom is -0.0654 e. The molecule has 0 fully saturated rings. The summed E-state index contributed by atoms with van der Waals surface area (Å²) in [5, 5.41) is 0. The van der Waals surface area contributed by atoms with E-state index in [1.54, 1.807) is 0 Å². The fraction of sp³-hybridized carbons (Fsp3) is 1.00. The van der Waals surface area contributed by atoms with Gasteiger partial charge in [0.15, 0.2) is 0 Å². The molecule has 0 aromatic heterocycles. The molecule has 0 saturated heterocycles. The highest BCUT2D eigenvalue weighted by molar-refractivity contribution is 4.69. The Balaban J connectivity index is -0.000000252. The molecule has 0 saturated carbocycles. The molecule has 0 unspecified atom stereocenters. The van der Waals surface area contributed by atoms with Crippen LogP contribution in [-0.4, -0.2) is 0 Å². The highest BCUT2D eigenvalue weighted by Gasteiger charge is 2.17. The molecule has 0 N–H and O–H groups in total. The van der Waals surface area contributed by atoms with Crippen molar-refractivity contribution in [1.29, 1.82) is 0 Å². The van der Waals surface area contributed by atoms with E-state index in [9.17, 15) is 0 Å². The zero-order valence-electron chi connectivity index (χ0n) is 18.2. The minimum atomic E-state index is 0.583. The lowest BCUT2D eigenvalue weighted by atomic mass is 9.81. The third-order valence-corrected chi connectivity index (χ3v) is 5.87. The fourth-order valence-corrected chi connectivity index (χ4v) is 1.75. The first kappa shape index (κ1) is 26.9. The zero-order valence-corrected chi connectivity index (χ0v) is 18.2. The summed E-state index contributed by atoms with van der Waals surface area (Å²) >= 11 is 0. The lowest BCUT2D eigenvalue weighted by Crippen LogP contribution is -2.12. The first-order valence-corrected chi connectivity index (χ1v) is 10.1. The third-order valence-electron chi connectivity index (χ3n) is 5.87. The van der Waals surface area contributed by atoms with E-state index in [2.05, 4.69) is 76.2 Å². The third kappa shape index (κ3) is 18.1. The van der Waals surface area contributed by atoms with Gasteiger partial charge in [0.1, 0.15) is 0 Å². The van der Waals surface area contributed by atoms with E-state index < -0.39 is 0 Å². The van der Waals surface area contributed by atoms with Crippen molar-refractivity contribution in [3.63, 3.8) is 0 Å². The van der Waals surface area contributed by atoms with E-state index in [4.69, 9.17) is 0 Å². The van der Waals surface area contributed by atoms with Crippen LogP contribution < -0.4 is 0 Å². The van der Waals surface area contributed by atoms with Crippen LogP contribution in [0.5, 0.6) is 0 Å². The quantitative estimate of drug-likeness (QED) is 0.419. The lowest BCUT2D eigenvalue weighted by Gasteiger charge is -2.25. The molecule has 0 bridgehead atoms. The van der Waals surface area contributed by atoms with E-state index >= 15 is 0 Å². The van der Waals surface area contributed by atoms with Crippen molar-refractivity contribution in [2.45, 2.75) is 128 Å². The summed E-state index contributed by atoms with van der Waals surface area (Å²) in [6, 6.07) is 0. The average molecular weight is 315 g/mol. The predicted octanol–water partition coefficient (Wildman–Crippen LogP) is 8.89. The summed E-state index contributed by atoms with van der Waals surface area (Å²) in [6.07, 6.45) is 10.6. The van der Waals surface area contributed by atoms with E-state index in [1.165, 1.54) is 51.4 Å². The summed E-state index contributed by atoms with van der Waals surface area (Å²) in [7, 11) is 0. The van der Waals surface area contributed by atoms with Crippen molar-refractivity contribution in [2.75, 3.05) is 0 Å². The molecule has 0 aromatic rings. The van der Waals surface area contributed by atoms with Gasteiger partial charge in [0.25, 0.3) is 0 Å². The van der Waals surface area contributed by atoms with Crippen LogP contribution in [0.1, 0.15) is 128 Å². The van der Waals surface area contributed by atoms with Gasteiger partial charge in [-0.2, -0.15) is 0 Å². The van der Waals surface area contributed by atoms with Crippen molar-refractivity contribution < 1.29 is 0 Å². The Morgan fingerprint density at radius 2 is 1.00 bits per heavy atom. The Morgan fingerprint density at radius 3 is 1.05 bits per heavy atom. The Kier molecular flexibility index (Phi) is 19.4. The van der Waals surface area contributed by atoms with Gasteiger partial charge in [-0.1, -0.05) is 121 Å². The largest absolute Gasteiger partial charge is 0.0654 e. The molecule has 0 radical (unpaired) electrons. The normalized spacial score (nSPS) is 11.5. The van der Waals surface area contributed by atoms with E-state index in [-0.39, 0.29) is 0 Å². The van der Waals surface area contributed by atoms with Crippen molar-refractivity contribution >= 4 is 0 Å². The number of hydrogen-bond donors (Lipinski definition) is 0. The minimum absolute atomic E-state index is 0.583. The standard InChI is InChI=1S/C9H20.C7H16.C6H14/c1-5-8-9(4,6-2)7-3;1-5-7(3,4)6-2;1-4-6(3)5-2/h5-8H2,1-4H3;5-6H2,1-4H3;6H,4-5H2,1-3H3. The van der Waals surface area contributed by atoms with Gasteiger partial charge in [0.05, 0.1) is 0 Å². The Hall–Kier alpha value is 0. The average Bonchev–Trinajstić information content (AvgIpc) is 2.55. The number of rotatable bonds is 8. The smallest absolute Gasteiger partial charge is 0.0331 e. The summed E-state index contributed by atoms with van der Waals surface area (Å²) < 4.78 is 0. The first-order chi connectivity index (χ1) is 10.1. The summed E-state index contributed by atoms with van der Waals surface area (Å²) in [5.74, 6) is 0.935. The van der Waals surface area contributed by atoms with E-state index in [1.807, 2.05) is 0 Å². The zero-order chi connectivity index (χ0) is 18.2. The Labute approximate surface area is 144 Å². The molecular weight excluding hydrogens is 264 g/mol. The SMILES string of the molecule is CCC(C)(C)CC.CCC(C)CC.CCCC(C)(CC)CC. The molecule has 0 heterocycles. The maximum Gasteiger partial charge on any atom is -0.0331 e. The van der Waals surface area contributed by atoms with Gasteiger partial charge in [0, 0.05) is 0 Å². The number of hydrogen-bond acceptors (Lipinski definition) is 0. The van der Waals surface area contributed by atoms with Crippen LogP contribution in [0.2, 0.25) is 0 Å². The molecule has 0 spiro atoms. The molecule has 0 amide bonds. The summed E-state index contributed by atoms with van der Waals surface area (Å²) in [5.41, 5.74) is 1.22. The first-order valence-electron chi connectivity index (χ1n) is 10.1. The van der Waals surface area contributed by atoms with Crippen LogP contribution >= 0.6 is 0 Å². The van der Waals surface area contributed by atoms with Crippen LogP contribution in [0.25, 0.3) is 0 Å². The van der Waals surface area contributed by atoms with Crippen LogP contribution in [0.4, 0.5) is 0 Å². The second kappa shape index (κ2) is 15.9. The fourth-order valence-electron chi connectivity index (χ4n) is 1.75. The Morgan fingerprint density at radius 1 is 0.636 bits per heavy atom. The molecule has 0 aliphatic rings. The maximum atomic E-state index is 2.39.